The van der Waals surface area contributed by atoms with Crippen LogP contribution in [0.4, 0.5) is 4.39 Å². The Morgan fingerprint density at radius 2 is 1.43 bits per heavy atom. The Morgan fingerprint density at radius 1 is 0.857 bits per heavy atom. The zero-order valence-electron chi connectivity index (χ0n) is 14.8. The Balaban J connectivity index is 1.51. The molecule has 1 aliphatic heterocycles. The van der Waals surface area contributed by atoms with Gasteiger partial charge >= 0.3 is 0 Å². The van der Waals surface area contributed by atoms with E-state index in [1.54, 1.807) is 34.1 Å². The number of benzene rings is 2. The van der Waals surface area contributed by atoms with Crippen molar-refractivity contribution >= 4 is 29.1 Å². The predicted octanol–water partition coefficient (Wildman–Crippen LogP) is 3.11. The second-order valence-electron chi connectivity index (χ2n) is 6.65. The molecular formula is C21H16ClFN2O3. The van der Waals surface area contributed by atoms with Gasteiger partial charge < -0.3 is 9.80 Å². The van der Waals surface area contributed by atoms with E-state index in [1.807, 2.05) is 0 Å². The molecule has 0 spiro atoms. The summed E-state index contributed by atoms with van der Waals surface area (Å²) in [7, 11) is 0. The summed E-state index contributed by atoms with van der Waals surface area (Å²) in [6.07, 6.45) is 0. The van der Waals surface area contributed by atoms with Gasteiger partial charge in [0.15, 0.2) is 0 Å². The number of carbonyl (C=O) groups is 3. The van der Waals surface area contributed by atoms with Crippen molar-refractivity contribution in [1.82, 2.24) is 9.80 Å². The van der Waals surface area contributed by atoms with Gasteiger partial charge in [0.05, 0.1) is 0 Å². The molecule has 28 heavy (non-hydrogen) atoms. The molecular weight excluding hydrogens is 383 g/mol. The highest BCUT2D eigenvalue weighted by Gasteiger charge is 2.35. The maximum Gasteiger partial charge on any atom is 0.253 e. The summed E-state index contributed by atoms with van der Waals surface area (Å²) < 4.78 is 13.1. The van der Waals surface area contributed by atoms with E-state index in [0.717, 1.165) is 0 Å². The smallest absolute Gasteiger partial charge is 0.253 e. The fraction of sp³-hybridized carbons (Fsp3) is 0.190. The molecule has 2 aromatic carbocycles. The van der Waals surface area contributed by atoms with Gasteiger partial charge in [0.1, 0.15) is 16.5 Å². The lowest BCUT2D eigenvalue weighted by atomic mass is 9.91. The molecule has 1 aliphatic carbocycles. The van der Waals surface area contributed by atoms with E-state index in [9.17, 15) is 18.8 Å². The second-order valence-corrected chi connectivity index (χ2v) is 7.03. The van der Waals surface area contributed by atoms with Gasteiger partial charge in [0, 0.05) is 42.9 Å². The average molecular weight is 399 g/mol. The Labute approximate surface area is 166 Å². The van der Waals surface area contributed by atoms with Crippen LogP contribution in [0.5, 0.6) is 0 Å². The number of ketones is 2. The molecule has 2 aromatic rings. The van der Waals surface area contributed by atoms with E-state index in [4.69, 9.17) is 11.6 Å². The summed E-state index contributed by atoms with van der Waals surface area (Å²) in [6, 6.07) is 12.0. The van der Waals surface area contributed by atoms with Gasteiger partial charge in [-0.05, 0) is 24.3 Å². The highest BCUT2D eigenvalue weighted by Crippen LogP contribution is 2.31. The summed E-state index contributed by atoms with van der Waals surface area (Å²) in [6.45, 7) is 1.49. The number of nitrogens with zero attached hydrogens (tertiary/aromatic N) is 2. The lowest BCUT2D eigenvalue weighted by Gasteiger charge is -2.38. The van der Waals surface area contributed by atoms with Crippen LogP contribution in [0.2, 0.25) is 0 Å². The topological polar surface area (TPSA) is 57.7 Å². The number of Topliss-reactive ketones (excluding diaryl/α,β-unsaturated/α-hetero) is 2. The van der Waals surface area contributed by atoms with Crippen LogP contribution in [0.25, 0.3) is 0 Å². The van der Waals surface area contributed by atoms with Gasteiger partial charge in [-0.1, -0.05) is 35.9 Å². The number of piperazine rings is 1. The van der Waals surface area contributed by atoms with Gasteiger partial charge in [0.25, 0.3) is 5.91 Å². The first-order valence-corrected chi connectivity index (χ1v) is 9.23. The number of allylic oxidation sites excluding steroid dienone is 2. The molecule has 0 saturated carbocycles. The molecule has 1 amide bonds. The average Bonchev–Trinajstić information content (AvgIpc) is 2.73. The minimum atomic E-state index is -0.399. The fourth-order valence-electron chi connectivity index (χ4n) is 3.52. The van der Waals surface area contributed by atoms with E-state index >= 15 is 0 Å². The summed E-state index contributed by atoms with van der Waals surface area (Å²) in [5.41, 5.74) is 1.26. The van der Waals surface area contributed by atoms with Crippen molar-refractivity contribution in [3.63, 3.8) is 0 Å². The Bertz CT molecular complexity index is 1010. The summed E-state index contributed by atoms with van der Waals surface area (Å²) >= 11 is 6.25. The zero-order valence-corrected chi connectivity index (χ0v) is 15.6. The number of halogens is 2. The molecule has 4 rings (SSSR count). The standard InChI is InChI=1S/C21H16ClFN2O3/c22-17-18(20(27)16-4-2-1-3-15(16)19(17)26)24-9-11-25(12-10-24)21(28)13-5-7-14(23)8-6-13/h1-8H,9-12H2. The molecule has 0 N–H and O–H groups in total. The zero-order chi connectivity index (χ0) is 19.8. The van der Waals surface area contributed by atoms with Gasteiger partial charge in [-0.2, -0.15) is 0 Å². The monoisotopic (exact) mass is 398 g/mol. The number of hydrogen-bond acceptors (Lipinski definition) is 4. The van der Waals surface area contributed by atoms with Crippen LogP contribution in [0.1, 0.15) is 31.1 Å². The van der Waals surface area contributed by atoms with Crippen LogP contribution < -0.4 is 0 Å². The molecule has 1 heterocycles. The minimum absolute atomic E-state index is 0.0815. The molecule has 2 aliphatic rings. The molecule has 0 atom stereocenters. The van der Waals surface area contributed by atoms with Crippen molar-refractivity contribution < 1.29 is 18.8 Å². The third-order valence-corrected chi connectivity index (χ3v) is 5.36. The molecule has 1 saturated heterocycles. The van der Waals surface area contributed by atoms with Crippen molar-refractivity contribution in [2.45, 2.75) is 0 Å². The highest BCUT2D eigenvalue weighted by atomic mass is 35.5. The maximum absolute atomic E-state index is 13.1. The van der Waals surface area contributed by atoms with E-state index in [2.05, 4.69) is 0 Å². The number of rotatable bonds is 2. The maximum atomic E-state index is 13.1. The summed E-state index contributed by atoms with van der Waals surface area (Å²) in [4.78, 5) is 41.4. The Hall–Kier alpha value is -2.99. The van der Waals surface area contributed by atoms with Crippen LogP contribution >= 0.6 is 11.6 Å². The third-order valence-electron chi connectivity index (χ3n) is 5.01. The van der Waals surface area contributed by atoms with Crippen molar-refractivity contribution in [3.05, 3.63) is 81.8 Å². The summed E-state index contributed by atoms with van der Waals surface area (Å²) in [5.74, 6) is -1.24. The lowest BCUT2D eigenvalue weighted by molar-refractivity contribution is 0.0658. The quantitative estimate of drug-likeness (QED) is 0.780. The molecule has 0 unspecified atom stereocenters. The first-order chi connectivity index (χ1) is 13.5. The van der Waals surface area contributed by atoms with Crippen molar-refractivity contribution in [2.24, 2.45) is 0 Å². The first-order valence-electron chi connectivity index (χ1n) is 8.85. The van der Waals surface area contributed by atoms with E-state index < -0.39 is 5.82 Å². The highest BCUT2D eigenvalue weighted by molar-refractivity contribution is 6.49. The molecule has 1 fully saturated rings. The predicted molar refractivity (Wildman–Crippen MR) is 102 cm³/mol. The van der Waals surface area contributed by atoms with E-state index in [0.29, 0.717) is 42.9 Å². The van der Waals surface area contributed by atoms with Crippen molar-refractivity contribution in [3.8, 4) is 0 Å². The number of fused-ring (bicyclic) bond motifs is 1. The number of hydrogen-bond donors (Lipinski definition) is 0. The lowest BCUT2D eigenvalue weighted by Crippen LogP contribution is -2.50. The third kappa shape index (κ3) is 3.10. The minimum Gasteiger partial charge on any atom is -0.363 e. The molecule has 0 bridgehead atoms. The normalized spacial score (nSPS) is 17.1. The molecule has 0 radical (unpaired) electrons. The molecule has 7 heteroatoms. The molecule has 0 aromatic heterocycles. The largest absolute Gasteiger partial charge is 0.363 e. The van der Waals surface area contributed by atoms with Gasteiger partial charge in [-0.3, -0.25) is 14.4 Å². The summed E-state index contributed by atoms with van der Waals surface area (Å²) in [5, 5.41) is -0.0815. The van der Waals surface area contributed by atoms with Crippen LogP contribution in [-0.4, -0.2) is 53.5 Å². The Kier molecular flexibility index (Phi) is 4.73. The van der Waals surface area contributed by atoms with Crippen molar-refractivity contribution in [2.75, 3.05) is 26.2 Å². The second kappa shape index (κ2) is 7.20. The molecule has 142 valence electrons. The van der Waals surface area contributed by atoms with Crippen molar-refractivity contribution in [1.29, 1.82) is 0 Å². The van der Waals surface area contributed by atoms with Crippen LogP contribution in [0.3, 0.4) is 0 Å². The number of carbonyl (C=O) groups excluding carboxylic acids is 3. The fourth-order valence-corrected chi connectivity index (χ4v) is 3.83. The van der Waals surface area contributed by atoms with Gasteiger partial charge in [0.2, 0.25) is 11.6 Å². The van der Waals surface area contributed by atoms with Crippen LogP contribution in [0, 0.1) is 5.82 Å². The molecule has 5 nitrogen and oxygen atoms in total. The van der Waals surface area contributed by atoms with Gasteiger partial charge in [-0.15, -0.1) is 0 Å². The van der Waals surface area contributed by atoms with E-state index in [1.165, 1.54) is 24.3 Å². The SMILES string of the molecule is O=C1C(Cl)=C(N2CCN(C(=O)c3ccc(F)cc3)CC2)C(=O)c2ccccc21. The van der Waals surface area contributed by atoms with Crippen LogP contribution in [-0.2, 0) is 0 Å². The first kappa shape index (κ1) is 18.4. The number of amides is 1. The van der Waals surface area contributed by atoms with Crippen LogP contribution in [0.15, 0.2) is 59.3 Å². The van der Waals surface area contributed by atoms with Gasteiger partial charge in [-0.25, -0.2) is 4.39 Å². The van der Waals surface area contributed by atoms with E-state index in [-0.39, 0.29) is 28.2 Å². The Morgan fingerprint density at radius 3 is 2.04 bits per heavy atom.